The zero-order chi connectivity index (χ0) is 24.0. The fraction of sp³-hybridized carbons (Fsp3) is 0.167. The van der Waals surface area contributed by atoms with Crippen molar-refractivity contribution >= 4 is 11.8 Å². The molecule has 0 saturated carbocycles. The van der Waals surface area contributed by atoms with E-state index in [1.165, 1.54) is 6.07 Å². The Morgan fingerprint density at radius 1 is 0.879 bits per heavy atom. The highest BCUT2D eigenvalue weighted by molar-refractivity contribution is 5.87. The van der Waals surface area contributed by atoms with Gasteiger partial charge in [-0.3, -0.25) is 4.99 Å². The normalized spacial score (nSPS) is 17.4. The van der Waals surface area contributed by atoms with Gasteiger partial charge in [-0.2, -0.15) is 13.2 Å². The quantitative estimate of drug-likeness (QED) is 0.495. The molecule has 2 atom stereocenters. The van der Waals surface area contributed by atoms with Crippen molar-refractivity contribution in [3.8, 4) is 0 Å². The van der Waals surface area contributed by atoms with Crippen molar-refractivity contribution in [2.24, 2.45) is 4.99 Å². The van der Waals surface area contributed by atoms with Gasteiger partial charge < -0.3 is 10.4 Å². The standard InChI is InChI=1S/C22H18F2N2.C2HF3O2/c23-18-13-7-12-17(20(18)24)14-19-25-21(15-8-3-1-4-9-15)22(26-19)16-10-5-2-6-11-16;3-2(4,5)1(6)7/h1-13,21-22H,14H2,(H,25,26);(H,6,7)/t21-,22+;. The third-order valence-electron chi connectivity index (χ3n) is 4.86. The Labute approximate surface area is 186 Å². The number of aliphatic imine (C=N–C) groups is 1. The summed E-state index contributed by atoms with van der Waals surface area (Å²) in [6, 6.07) is 24.2. The van der Waals surface area contributed by atoms with Crippen LogP contribution < -0.4 is 5.32 Å². The Bertz CT molecular complexity index is 1120. The number of carboxylic acid groups (broad SMARTS) is 1. The first-order valence-electron chi connectivity index (χ1n) is 9.83. The maximum atomic E-state index is 14.0. The number of aliphatic carboxylic acids is 1. The molecule has 0 radical (unpaired) electrons. The molecule has 33 heavy (non-hydrogen) atoms. The summed E-state index contributed by atoms with van der Waals surface area (Å²) < 4.78 is 59.3. The van der Waals surface area contributed by atoms with Gasteiger partial charge in [-0.15, -0.1) is 0 Å². The summed E-state index contributed by atoms with van der Waals surface area (Å²) in [4.78, 5) is 13.7. The van der Waals surface area contributed by atoms with E-state index in [9.17, 15) is 22.0 Å². The summed E-state index contributed by atoms with van der Waals surface area (Å²) in [6.45, 7) is 0. The van der Waals surface area contributed by atoms with Crippen molar-refractivity contribution in [1.82, 2.24) is 5.32 Å². The number of alkyl halides is 3. The van der Waals surface area contributed by atoms with Crippen LogP contribution in [-0.4, -0.2) is 23.1 Å². The predicted molar refractivity (Wildman–Crippen MR) is 113 cm³/mol. The number of hydrogen-bond donors (Lipinski definition) is 2. The van der Waals surface area contributed by atoms with Crippen molar-refractivity contribution in [2.45, 2.75) is 24.7 Å². The van der Waals surface area contributed by atoms with E-state index in [1.54, 1.807) is 6.07 Å². The minimum atomic E-state index is -5.08. The van der Waals surface area contributed by atoms with Gasteiger partial charge in [0.15, 0.2) is 11.6 Å². The molecule has 4 rings (SSSR count). The minimum absolute atomic E-state index is 0.0368. The van der Waals surface area contributed by atoms with Crippen LogP contribution in [0.5, 0.6) is 0 Å². The van der Waals surface area contributed by atoms with E-state index < -0.39 is 23.8 Å². The van der Waals surface area contributed by atoms with Gasteiger partial charge in [0.2, 0.25) is 0 Å². The molecule has 0 fully saturated rings. The Hall–Kier alpha value is -3.75. The number of hydrogen-bond acceptors (Lipinski definition) is 3. The lowest BCUT2D eigenvalue weighted by Gasteiger charge is -2.19. The van der Waals surface area contributed by atoms with E-state index in [0.29, 0.717) is 11.4 Å². The van der Waals surface area contributed by atoms with Crippen molar-refractivity contribution in [2.75, 3.05) is 0 Å². The molecule has 3 aromatic carbocycles. The van der Waals surface area contributed by atoms with Crippen LogP contribution in [0.3, 0.4) is 0 Å². The van der Waals surface area contributed by atoms with Crippen LogP contribution in [0.1, 0.15) is 28.8 Å². The lowest BCUT2D eigenvalue weighted by Crippen LogP contribution is -2.26. The Kier molecular flexibility index (Phi) is 7.42. The van der Waals surface area contributed by atoms with Crippen LogP contribution in [0.15, 0.2) is 83.9 Å². The molecule has 9 heteroatoms. The summed E-state index contributed by atoms with van der Waals surface area (Å²) in [5, 5.41) is 10.5. The molecule has 0 aromatic heterocycles. The second-order valence-electron chi connectivity index (χ2n) is 7.16. The number of amidine groups is 1. The zero-order valence-corrected chi connectivity index (χ0v) is 17.1. The molecule has 1 aliphatic heterocycles. The molecular weight excluding hydrogens is 443 g/mol. The summed E-state index contributed by atoms with van der Waals surface area (Å²) >= 11 is 0. The van der Waals surface area contributed by atoms with Crippen LogP contribution >= 0.6 is 0 Å². The molecule has 1 heterocycles. The zero-order valence-electron chi connectivity index (χ0n) is 17.1. The third-order valence-corrected chi connectivity index (χ3v) is 4.86. The Morgan fingerprint density at radius 3 is 1.97 bits per heavy atom. The summed E-state index contributed by atoms with van der Waals surface area (Å²) in [5.74, 6) is -3.73. The molecule has 2 N–H and O–H groups in total. The number of nitrogens with one attached hydrogen (secondary N) is 1. The van der Waals surface area contributed by atoms with Gasteiger partial charge in [0.05, 0.1) is 6.04 Å². The van der Waals surface area contributed by atoms with Crippen LogP contribution in [0, 0.1) is 11.6 Å². The van der Waals surface area contributed by atoms with E-state index in [-0.39, 0.29) is 18.5 Å². The van der Waals surface area contributed by atoms with Gasteiger partial charge in [-0.05, 0) is 22.8 Å². The topological polar surface area (TPSA) is 61.7 Å². The van der Waals surface area contributed by atoms with Gasteiger partial charge in [0, 0.05) is 6.42 Å². The van der Waals surface area contributed by atoms with E-state index in [4.69, 9.17) is 14.9 Å². The van der Waals surface area contributed by atoms with Crippen molar-refractivity contribution < 1.29 is 31.9 Å². The molecule has 0 bridgehead atoms. The lowest BCUT2D eigenvalue weighted by atomic mass is 9.95. The minimum Gasteiger partial charge on any atom is -0.475 e. The summed E-state index contributed by atoms with van der Waals surface area (Å²) in [5.41, 5.74) is 2.50. The number of carboxylic acids is 1. The van der Waals surface area contributed by atoms with Crippen LogP contribution in [0.25, 0.3) is 0 Å². The fourth-order valence-electron chi connectivity index (χ4n) is 3.34. The van der Waals surface area contributed by atoms with E-state index in [0.717, 1.165) is 17.2 Å². The fourth-order valence-corrected chi connectivity index (χ4v) is 3.34. The SMILES string of the molecule is Fc1cccc(CC2=N[C@H](c3ccccc3)[C@H](c3ccccc3)N2)c1F.O=C(O)C(F)(F)F. The van der Waals surface area contributed by atoms with Gasteiger partial charge in [-0.1, -0.05) is 72.8 Å². The highest BCUT2D eigenvalue weighted by Crippen LogP contribution is 2.36. The number of benzene rings is 3. The monoisotopic (exact) mass is 462 g/mol. The summed E-state index contributed by atoms with van der Waals surface area (Å²) in [7, 11) is 0. The average molecular weight is 462 g/mol. The average Bonchev–Trinajstić information content (AvgIpc) is 3.22. The molecule has 4 nitrogen and oxygen atoms in total. The number of carbonyl (C=O) groups is 1. The molecular formula is C24H19F5N2O2. The molecule has 172 valence electrons. The van der Waals surface area contributed by atoms with Gasteiger partial charge in [-0.25, -0.2) is 13.6 Å². The lowest BCUT2D eigenvalue weighted by molar-refractivity contribution is -0.192. The smallest absolute Gasteiger partial charge is 0.475 e. The van der Waals surface area contributed by atoms with Crippen molar-refractivity contribution in [3.05, 3.63) is 107 Å². The predicted octanol–water partition coefficient (Wildman–Crippen LogP) is 5.62. The van der Waals surface area contributed by atoms with Crippen molar-refractivity contribution in [3.63, 3.8) is 0 Å². The highest BCUT2D eigenvalue weighted by Gasteiger charge is 2.38. The second-order valence-corrected chi connectivity index (χ2v) is 7.16. The molecule has 0 saturated heterocycles. The van der Waals surface area contributed by atoms with E-state index in [2.05, 4.69) is 17.4 Å². The van der Waals surface area contributed by atoms with Gasteiger partial charge in [0.1, 0.15) is 11.9 Å². The third kappa shape index (κ3) is 6.15. The molecule has 0 spiro atoms. The number of rotatable bonds is 4. The largest absolute Gasteiger partial charge is 0.490 e. The maximum absolute atomic E-state index is 14.0. The first-order chi connectivity index (χ1) is 15.7. The summed E-state index contributed by atoms with van der Waals surface area (Å²) in [6.07, 6.45) is -4.85. The second kappa shape index (κ2) is 10.2. The Balaban J connectivity index is 0.000000383. The first-order valence-corrected chi connectivity index (χ1v) is 9.83. The molecule has 0 amide bonds. The van der Waals surface area contributed by atoms with Gasteiger partial charge >= 0.3 is 12.1 Å². The van der Waals surface area contributed by atoms with Crippen LogP contribution in [0.2, 0.25) is 0 Å². The maximum Gasteiger partial charge on any atom is 0.490 e. The van der Waals surface area contributed by atoms with Crippen molar-refractivity contribution in [1.29, 1.82) is 0 Å². The van der Waals surface area contributed by atoms with E-state index in [1.807, 2.05) is 48.5 Å². The molecule has 0 unspecified atom stereocenters. The molecule has 0 aliphatic carbocycles. The first kappa shape index (κ1) is 23.9. The number of halogens is 5. The van der Waals surface area contributed by atoms with Crippen LogP contribution in [0.4, 0.5) is 22.0 Å². The van der Waals surface area contributed by atoms with Gasteiger partial charge in [0.25, 0.3) is 0 Å². The molecule has 1 aliphatic rings. The Morgan fingerprint density at radius 2 is 1.42 bits per heavy atom. The molecule has 3 aromatic rings. The van der Waals surface area contributed by atoms with E-state index >= 15 is 0 Å². The number of nitrogens with zero attached hydrogens (tertiary/aromatic N) is 1. The van der Waals surface area contributed by atoms with Crippen LogP contribution in [-0.2, 0) is 11.2 Å². The highest BCUT2D eigenvalue weighted by atomic mass is 19.4.